The summed E-state index contributed by atoms with van der Waals surface area (Å²) in [5.41, 5.74) is 8.33. The lowest BCUT2D eigenvalue weighted by molar-refractivity contribution is -0.160. The second kappa shape index (κ2) is 9.92. The molecule has 3 aromatic heterocycles. The number of morpholine rings is 1. The van der Waals surface area contributed by atoms with E-state index in [4.69, 9.17) is 10.1 Å². The van der Waals surface area contributed by atoms with Gasteiger partial charge in [-0.2, -0.15) is 0 Å². The number of likely N-dealkylation sites (tertiary alicyclic amines) is 1. The number of carbonyl (C=O) groups is 1. The van der Waals surface area contributed by atoms with Gasteiger partial charge in [-0.05, 0) is 86.5 Å². The van der Waals surface area contributed by atoms with Crippen LogP contribution in [0.15, 0.2) is 11.2 Å². The Bertz CT molecular complexity index is 1600. The fraction of sp³-hybridized carbons (Fsp3) is 0.594. The summed E-state index contributed by atoms with van der Waals surface area (Å²) < 4.78 is 6.17. The molecule has 1 spiro atoms. The molecule has 1 unspecified atom stereocenters. The molecule has 2 bridgehead atoms. The molecule has 9 heteroatoms. The number of aryl methyl sites for hydroxylation is 1. The van der Waals surface area contributed by atoms with Gasteiger partial charge in [0.2, 0.25) is 0 Å². The van der Waals surface area contributed by atoms with Crippen molar-refractivity contribution in [1.82, 2.24) is 19.8 Å². The SMILES string of the molecule is Cc1c(-c2[nH]c3sc(C4CCN(C(=O)C5CN6CC7CC6(CO5)C7)CC4)c(C)c3c2C(C)C)c[nH]/c(=N\C=N)c1C. The van der Waals surface area contributed by atoms with Crippen molar-refractivity contribution in [2.24, 2.45) is 10.9 Å². The first-order chi connectivity index (χ1) is 19.7. The van der Waals surface area contributed by atoms with Crippen LogP contribution in [0.3, 0.4) is 0 Å². The normalized spacial score (nSPS) is 27.1. The minimum Gasteiger partial charge on any atom is -0.365 e. The van der Waals surface area contributed by atoms with Crippen LogP contribution < -0.4 is 5.49 Å². The van der Waals surface area contributed by atoms with E-state index >= 15 is 0 Å². The topological polar surface area (TPSA) is 101 Å². The van der Waals surface area contributed by atoms with E-state index in [2.05, 4.69) is 59.4 Å². The van der Waals surface area contributed by atoms with E-state index in [0.29, 0.717) is 11.8 Å². The Balaban J connectivity index is 1.11. The molecule has 1 amide bonds. The van der Waals surface area contributed by atoms with Gasteiger partial charge in [-0.25, -0.2) is 4.99 Å². The molecule has 8 rings (SSSR count). The molecule has 0 aromatic carbocycles. The summed E-state index contributed by atoms with van der Waals surface area (Å²) in [4.78, 5) is 32.0. The largest absolute Gasteiger partial charge is 0.365 e. The van der Waals surface area contributed by atoms with Gasteiger partial charge < -0.3 is 19.6 Å². The average Bonchev–Trinajstić information content (AvgIpc) is 3.69. The molecule has 4 saturated heterocycles. The highest BCUT2D eigenvalue weighted by Crippen LogP contribution is 2.52. The van der Waals surface area contributed by atoms with Crippen molar-refractivity contribution >= 4 is 33.8 Å². The number of hydrogen-bond donors (Lipinski definition) is 3. The number of nitrogens with zero attached hydrogens (tertiary/aromatic N) is 3. The van der Waals surface area contributed by atoms with Gasteiger partial charge in [0.1, 0.15) is 22.8 Å². The van der Waals surface area contributed by atoms with Crippen molar-refractivity contribution in [3.63, 3.8) is 0 Å². The van der Waals surface area contributed by atoms with Gasteiger partial charge >= 0.3 is 0 Å². The van der Waals surface area contributed by atoms with Crippen LogP contribution in [0.5, 0.6) is 0 Å². The molecule has 0 radical (unpaired) electrons. The minimum atomic E-state index is -0.290. The number of pyridine rings is 1. The van der Waals surface area contributed by atoms with Crippen LogP contribution in [0.4, 0.5) is 0 Å². The number of piperidine rings is 1. The zero-order valence-corrected chi connectivity index (χ0v) is 25.7. The Labute approximate surface area is 245 Å². The Morgan fingerprint density at radius 1 is 1.17 bits per heavy atom. The van der Waals surface area contributed by atoms with Crippen LogP contribution in [0.25, 0.3) is 21.5 Å². The molecule has 41 heavy (non-hydrogen) atoms. The van der Waals surface area contributed by atoms with E-state index < -0.39 is 0 Å². The smallest absolute Gasteiger partial charge is 0.253 e. The summed E-state index contributed by atoms with van der Waals surface area (Å²) in [5.74, 6) is 1.87. The molecule has 5 fully saturated rings. The summed E-state index contributed by atoms with van der Waals surface area (Å²) in [5, 5.41) is 8.73. The van der Waals surface area contributed by atoms with Gasteiger partial charge in [0, 0.05) is 53.7 Å². The minimum absolute atomic E-state index is 0.200. The number of aromatic nitrogens is 2. The number of H-pyrrole nitrogens is 2. The van der Waals surface area contributed by atoms with Crippen molar-refractivity contribution in [2.45, 2.75) is 83.8 Å². The lowest BCUT2D eigenvalue weighted by Crippen LogP contribution is -2.60. The van der Waals surface area contributed by atoms with E-state index in [0.717, 1.165) is 74.5 Å². The molecule has 1 saturated carbocycles. The Kier molecular flexibility index (Phi) is 6.56. The zero-order chi connectivity index (χ0) is 28.6. The molecular weight excluding hydrogens is 532 g/mol. The predicted octanol–water partition coefficient (Wildman–Crippen LogP) is 5.35. The molecule has 5 aliphatic rings. The van der Waals surface area contributed by atoms with Gasteiger partial charge in [0.25, 0.3) is 5.91 Å². The molecule has 3 aromatic rings. The Hall–Kier alpha value is -2.75. The van der Waals surface area contributed by atoms with Crippen LogP contribution in [0.1, 0.15) is 78.5 Å². The number of hydrogen-bond acceptors (Lipinski definition) is 5. The van der Waals surface area contributed by atoms with Crippen molar-refractivity contribution in [3.8, 4) is 11.3 Å². The van der Waals surface area contributed by atoms with Crippen LogP contribution in [-0.2, 0) is 9.53 Å². The van der Waals surface area contributed by atoms with Gasteiger partial charge in [-0.1, -0.05) is 13.8 Å². The molecule has 3 N–H and O–H groups in total. The van der Waals surface area contributed by atoms with Crippen LogP contribution in [-0.4, -0.2) is 76.4 Å². The van der Waals surface area contributed by atoms with Crippen molar-refractivity contribution in [1.29, 1.82) is 5.41 Å². The van der Waals surface area contributed by atoms with Gasteiger partial charge in [0.15, 0.2) is 0 Å². The van der Waals surface area contributed by atoms with Crippen molar-refractivity contribution < 1.29 is 9.53 Å². The molecule has 7 heterocycles. The highest BCUT2D eigenvalue weighted by atomic mass is 32.1. The third-order valence-electron chi connectivity index (χ3n) is 10.6. The summed E-state index contributed by atoms with van der Waals surface area (Å²) in [6.45, 7) is 15.3. The third-order valence-corrected chi connectivity index (χ3v) is 11.9. The number of nitrogens with one attached hydrogen (secondary N) is 3. The number of rotatable bonds is 5. The maximum atomic E-state index is 13.4. The van der Waals surface area contributed by atoms with Crippen LogP contribution in [0.2, 0.25) is 0 Å². The van der Waals surface area contributed by atoms with Gasteiger partial charge in [0.05, 0.1) is 12.3 Å². The number of fused-ring (bicyclic) bond motifs is 1. The van der Waals surface area contributed by atoms with Crippen molar-refractivity contribution in [3.05, 3.63) is 38.8 Å². The van der Waals surface area contributed by atoms with E-state index in [1.807, 2.05) is 17.5 Å². The fourth-order valence-corrected chi connectivity index (χ4v) is 9.63. The Morgan fingerprint density at radius 2 is 1.93 bits per heavy atom. The molecule has 8 nitrogen and oxygen atoms in total. The maximum Gasteiger partial charge on any atom is 0.253 e. The molecule has 218 valence electrons. The number of ether oxygens (including phenoxy) is 1. The lowest BCUT2D eigenvalue weighted by atomic mass is 9.73. The van der Waals surface area contributed by atoms with Gasteiger partial charge in [-0.3, -0.25) is 15.1 Å². The highest BCUT2D eigenvalue weighted by Gasteiger charge is 2.59. The zero-order valence-electron chi connectivity index (χ0n) is 24.9. The number of amides is 1. The molecule has 1 atom stereocenters. The van der Waals surface area contributed by atoms with E-state index in [-0.39, 0.29) is 17.6 Å². The molecule has 4 aliphatic heterocycles. The summed E-state index contributed by atoms with van der Waals surface area (Å²) >= 11 is 1.90. The highest BCUT2D eigenvalue weighted by molar-refractivity contribution is 7.19. The van der Waals surface area contributed by atoms with E-state index in [1.54, 1.807) is 0 Å². The standard InChI is InChI=1S/C32H42N6O2S/c1-17(2)25-26-20(5)28(41-30(26)36-27(25)23-12-34-29(35-16-33)19(4)18(23)3)22-6-8-37(9-7-22)31(39)24-14-38-13-21-10-32(38,11-21)15-40-24/h12,16-17,21-22,24,36H,6-11,13-15H2,1-5H3,(H2,33,34,35). The summed E-state index contributed by atoms with van der Waals surface area (Å²) in [6, 6.07) is 0. The quantitative estimate of drug-likeness (QED) is 0.283. The Morgan fingerprint density at radius 3 is 2.63 bits per heavy atom. The second-order valence-corrected chi connectivity index (χ2v) is 14.3. The molecule has 1 aliphatic carbocycles. The third kappa shape index (κ3) is 4.18. The first-order valence-corrected chi connectivity index (χ1v) is 16.0. The first-order valence-electron chi connectivity index (χ1n) is 15.2. The summed E-state index contributed by atoms with van der Waals surface area (Å²) in [7, 11) is 0. The van der Waals surface area contributed by atoms with Crippen LogP contribution >= 0.6 is 11.3 Å². The van der Waals surface area contributed by atoms with Gasteiger partial charge in [-0.15, -0.1) is 11.3 Å². The number of aromatic amines is 2. The predicted molar refractivity (Wildman–Crippen MR) is 164 cm³/mol. The van der Waals surface area contributed by atoms with E-state index in [9.17, 15) is 4.79 Å². The van der Waals surface area contributed by atoms with Crippen LogP contribution in [0, 0.1) is 32.1 Å². The fourth-order valence-electron chi connectivity index (χ4n) is 8.23. The average molecular weight is 575 g/mol. The number of carbonyl (C=O) groups excluding carboxylic acids is 1. The second-order valence-electron chi connectivity index (χ2n) is 13.2. The maximum absolute atomic E-state index is 13.4. The molecular formula is C32H42N6O2S. The summed E-state index contributed by atoms with van der Waals surface area (Å²) in [6.07, 6.45) is 7.36. The lowest BCUT2D eigenvalue weighted by Gasteiger charge is -2.47. The van der Waals surface area contributed by atoms with Crippen molar-refractivity contribution in [2.75, 3.05) is 32.8 Å². The van der Waals surface area contributed by atoms with E-state index in [1.165, 1.54) is 50.3 Å². The monoisotopic (exact) mass is 574 g/mol. The first kappa shape index (κ1) is 27.1. The number of thiophene rings is 1.